The van der Waals surface area contributed by atoms with Crippen LogP contribution in [0.1, 0.15) is 12.0 Å². The molecule has 2 nitrogen and oxygen atoms in total. The Morgan fingerprint density at radius 3 is 2.19 bits per heavy atom. The SMILES string of the molecule is CSCCC(CO)(CO)c1ccc(Br)cc1. The van der Waals surface area contributed by atoms with Gasteiger partial charge in [0.1, 0.15) is 0 Å². The third-order valence-corrected chi connectivity index (χ3v) is 3.99. The number of aliphatic hydroxyl groups is 2. The highest BCUT2D eigenvalue weighted by atomic mass is 79.9. The minimum absolute atomic E-state index is 0.0221. The van der Waals surface area contributed by atoms with Crippen LogP contribution in [0.15, 0.2) is 28.7 Å². The molecule has 0 saturated carbocycles. The van der Waals surface area contributed by atoms with Crippen molar-refractivity contribution in [1.29, 1.82) is 0 Å². The molecule has 0 aromatic heterocycles. The highest BCUT2D eigenvalue weighted by Crippen LogP contribution is 2.29. The van der Waals surface area contributed by atoms with Crippen LogP contribution in [0.25, 0.3) is 0 Å². The number of rotatable bonds is 6. The standard InChI is InChI=1S/C12H17BrO2S/c1-16-7-6-12(8-14,9-15)10-2-4-11(13)5-3-10/h2-5,14-15H,6-9H2,1H3. The number of hydrogen-bond acceptors (Lipinski definition) is 3. The molecular weight excluding hydrogens is 288 g/mol. The summed E-state index contributed by atoms with van der Waals surface area (Å²) in [6, 6.07) is 7.79. The second kappa shape index (κ2) is 6.64. The normalized spacial score (nSPS) is 11.8. The first-order valence-electron chi connectivity index (χ1n) is 5.15. The van der Waals surface area contributed by atoms with Crippen molar-refractivity contribution >= 4 is 27.7 Å². The van der Waals surface area contributed by atoms with Crippen LogP contribution in [0, 0.1) is 0 Å². The molecule has 1 aromatic carbocycles. The molecule has 2 N–H and O–H groups in total. The largest absolute Gasteiger partial charge is 0.395 e. The summed E-state index contributed by atoms with van der Waals surface area (Å²) in [4.78, 5) is 0. The number of benzene rings is 1. The Kier molecular flexibility index (Phi) is 5.83. The summed E-state index contributed by atoms with van der Waals surface area (Å²) in [5, 5.41) is 19.1. The molecule has 0 aliphatic rings. The van der Waals surface area contributed by atoms with E-state index in [2.05, 4.69) is 15.9 Å². The summed E-state index contributed by atoms with van der Waals surface area (Å²) >= 11 is 5.11. The van der Waals surface area contributed by atoms with Crippen LogP contribution < -0.4 is 0 Å². The summed E-state index contributed by atoms with van der Waals surface area (Å²) in [7, 11) is 0. The third kappa shape index (κ3) is 3.23. The van der Waals surface area contributed by atoms with E-state index in [9.17, 15) is 10.2 Å². The molecule has 0 atom stereocenters. The van der Waals surface area contributed by atoms with Gasteiger partial charge in [0.25, 0.3) is 0 Å². The highest BCUT2D eigenvalue weighted by Gasteiger charge is 2.30. The van der Waals surface area contributed by atoms with Gasteiger partial charge < -0.3 is 10.2 Å². The van der Waals surface area contributed by atoms with Gasteiger partial charge in [-0.05, 0) is 36.1 Å². The summed E-state index contributed by atoms with van der Waals surface area (Å²) in [5.41, 5.74) is 0.485. The van der Waals surface area contributed by atoms with Gasteiger partial charge in [0, 0.05) is 9.89 Å². The van der Waals surface area contributed by atoms with E-state index in [4.69, 9.17) is 0 Å². The van der Waals surface area contributed by atoms with Crippen molar-refractivity contribution in [2.24, 2.45) is 0 Å². The lowest BCUT2D eigenvalue weighted by Gasteiger charge is -2.30. The van der Waals surface area contributed by atoms with Crippen molar-refractivity contribution in [3.8, 4) is 0 Å². The number of aliphatic hydroxyl groups excluding tert-OH is 2. The highest BCUT2D eigenvalue weighted by molar-refractivity contribution is 9.10. The zero-order chi connectivity index (χ0) is 12.0. The van der Waals surface area contributed by atoms with Crippen LogP contribution in [-0.2, 0) is 5.41 Å². The molecule has 0 aliphatic carbocycles. The maximum absolute atomic E-state index is 9.54. The molecular formula is C12H17BrO2S. The van der Waals surface area contributed by atoms with Gasteiger partial charge >= 0.3 is 0 Å². The van der Waals surface area contributed by atoms with E-state index >= 15 is 0 Å². The Bertz CT molecular complexity index is 309. The Morgan fingerprint density at radius 2 is 1.75 bits per heavy atom. The zero-order valence-corrected chi connectivity index (χ0v) is 11.7. The van der Waals surface area contributed by atoms with E-state index in [1.54, 1.807) is 11.8 Å². The molecule has 0 amide bonds. The predicted octanol–water partition coefficient (Wildman–Crippen LogP) is 2.42. The minimum atomic E-state index is -0.510. The molecule has 1 aromatic rings. The number of halogens is 1. The van der Waals surface area contributed by atoms with Crippen LogP contribution >= 0.6 is 27.7 Å². The summed E-state index contributed by atoms with van der Waals surface area (Å²) < 4.78 is 1.01. The van der Waals surface area contributed by atoms with Gasteiger partial charge in [0.2, 0.25) is 0 Å². The fourth-order valence-electron chi connectivity index (χ4n) is 1.64. The molecule has 0 radical (unpaired) electrons. The van der Waals surface area contributed by atoms with Gasteiger partial charge in [-0.1, -0.05) is 28.1 Å². The smallest absolute Gasteiger partial charge is 0.0550 e. The zero-order valence-electron chi connectivity index (χ0n) is 9.32. The maximum atomic E-state index is 9.54. The van der Waals surface area contributed by atoms with Crippen molar-refractivity contribution < 1.29 is 10.2 Å². The molecule has 16 heavy (non-hydrogen) atoms. The molecule has 0 spiro atoms. The molecule has 0 unspecified atom stereocenters. The molecule has 4 heteroatoms. The van der Waals surface area contributed by atoms with E-state index < -0.39 is 5.41 Å². The predicted molar refractivity (Wildman–Crippen MR) is 73.0 cm³/mol. The summed E-state index contributed by atoms with van der Waals surface area (Å²) in [6.45, 7) is -0.0443. The second-order valence-electron chi connectivity index (χ2n) is 3.85. The van der Waals surface area contributed by atoms with E-state index in [1.807, 2.05) is 30.5 Å². The van der Waals surface area contributed by atoms with Gasteiger partial charge in [-0.3, -0.25) is 0 Å². The molecule has 0 saturated heterocycles. The molecule has 0 heterocycles. The van der Waals surface area contributed by atoms with E-state index in [0.29, 0.717) is 0 Å². The maximum Gasteiger partial charge on any atom is 0.0550 e. The van der Waals surface area contributed by atoms with Crippen molar-refractivity contribution in [2.75, 3.05) is 25.2 Å². The first-order chi connectivity index (χ1) is 7.68. The molecule has 1 rings (SSSR count). The quantitative estimate of drug-likeness (QED) is 0.848. The average molecular weight is 305 g/mol. The Morgan fingerprint density at radius 1 is 1.19 bits per heavy atom. The van der Waals surface area contributed by atoms with Crippen molar-refractivity contribution in [2.45, 2.75) is 11.8 Å². The lowest BCUT2D eigenvalue weighted by molar-refractivity contribution is 0.114. The monoisotopic (exact) mass is 304 g/mol. The lowest BCUT2D eigenvalue weighted by atomic mass is 9.79. The molecule has 90 valence electrons. The van der Waals surface area contributed by atoms with Crippen LogP contribution in [0.4, 0.5) is 0 Å². The van der Waals surface area contributed by atoms with Crippen LogP contribution in [0.5, 0.6) is 0 Å². The summed E-state index contributed by atoms with van der Waals surface area (Å²) in [5.74, 6) is 0.928. The van der Waals surface area contributed by atoms with E-state index in [0.717, 1.165) is 22.2 Å². The molecule has 0 aliphatic heterocycles. The Labute approximate surface area is 109 Å². The van der Waals surface area contributed by atoms with Crippen molar-refractivity contribution in [3.05, 3.63) is 34.3 Å². The van der Waals surface area contributed by atoms with Crippen LogP contribution in [0.3, 0.4) is 0 Å². The van der Waals surface area contributed by atoms with Gasteiger partial charge in [0.15, 0.2) is 0 Å². The van der Waals surface area contributed by atoms with Gasteiger partial charge in [-0.2, -0.15) is 11.8 Å². The van der Waals surface area contributed by atoms with Gasteiger partial charge in [-0.15, -0.1) is 0 Å². The Hall–Kier alpha value is -0.0300. The molecule has 0 bridgehead atoms. The topological polar surface area (TPSA) is 40.5 Å². The van der Waals surface area contributed by atoms with Crippen LogP contribution in [-0.4, -0.2) is 35.4 Å². The van der Waals surface area contributed by atoms with Crippen LogP contribution in [0.2, 0.25) is 0 Å². The van der Waals surface area contributed by atoms with Gasteiger partial charge in [0.05, 0.1) is 13.2 Å². The first kappa shape index (κ1) is 14.0. The van der Waals surface area contributed by atoms with E-state index in [1.165, 1.54) is 0 Å². The Balaban J connectivity index is 2.95. The molecule has 0 fully saturated rings. The average Bonchev–Trinajstić information content (AvgIpc) is 2.33. The third-order valence-electron chi connectivity index (χ3n) is 2.85. The van der Waals surface area contributed by atoms with Gasteiger partial charge in [-0.25, -0.2) is 0 Å². The fourth-order valence-corrected chi connectivity index (χ4v) is 2.50. The minimum Gasteiger partial charge on any atom is -0.395 e. The van der Waals surface area contributed by atoms with E-state index in [-0.39, 0.29) is 13.2 Å². The number of thioether (sulfide) groups is 1. The lowest BCUT2D eigenvalue weighted by Crippen LogP contribution is -2.35. The first-order valence-corrected chi connectivity index (χ1v) is 7.34. The van der Waals surface area contributed by atoms with Crippen molar-refractivity contribution in [3.63, 3.8) is 0 Å². The fraction of sp³-hybridized carbons (Fsp3) is 0.500. The second-order valence-corrected chi connectivity index (χ2v) is 5.75. The number of hydrogen-bond donors (Lipinski definition) is 2. The summed E-state index contributed by atoms with van der Waals surface area (Å²) in [6.07, 6.45) is 2.81. The van der Waals surface area contributed by atoms with Crippen molar-refractivity contribution in [1.82, 2.24) is 0 Å².